The Balaban J connectivity index is 1.04. The molecule has 0 fully saturated rings. The minimum atomic E-state index is 0.556. The first kappa shape index (κ1) is 31.5. The summed E-state index contributed by atoms with van der Waals surface area (Å²) in [5, 5.41) is 6.54. The van der Waals surface area contributed by atoms with Crippen LogP contribution in [0.25, 0.3) is 117 Å². The van der Waals surface area contributed by atoms with E-state index in [9.17, 15) is 0 Å². The van der Waals surface area contributed by atoms with Crippen molar-refractivity contribution in [3.05, 3.63) is 182 Å². The second-order valence-corrected chi connectivity index (χ2v) is 14.4. The summed E-state index contributed by atoms with van der Waals surface area (Å²) in [5.41, 5.74) is 11.5. The minimum Gasteiger partial charge on any atom is -0.456 e. The number of benzene rings is 8. The van der Waals surface area contributed by atoms with Gasteiger partial charge in [-0.25, -0.2) is 15.0 Å². The molecule has 0 saturated carbocycles. The Hall–Kier alpha value is -7.83. The third kappa shape index (κ3) is 4.94. The van der Waals surface area contributed by atoms with Crippen LogP contribution in [0.5, 0.6) is 0 Å². The zero-order valence-electron chi connectivity index (χ0n) is 30.4. The second-order valence-electron chi connectivity index (χ2n) is 14.4. The molecule has 0 unspecified atom stereocenters. The van der Waals surface area contributed by atoms with Crippen LogP contribution in [0.3, 0.4) is 0 Å². The van der Waals surface area contributed by atoms with Gasteiger partial charge in [0.25, 0.3) is 0 Å². The maximum Gasteiger partial charge on any atom is 0.167 e. The smallest absolute Gasteiger partial charge is 0.167 e. The third-order valence-electron chi connectivity index (χ3n) is 11.1. The Morgan fingerprint density at radius 3 is 1.86 bits per heavy atom. The van der Waals surface area contributed by atoms with E-state index < -0.39 is 0 Å². The van der Waals surface area contributed by atoms with Gasteiger partial charge in [0.2, 0.25) is 0 Å². The first-order chi connectivity index (χ1) is 28.2. The Kier molecular flexibility index (Phi) is 6.83. The highest BCUT2D eigenvalue weighted by Crippen LogP contribution is 2.40. The lowest BCUT2D eigenvalue weighted by Gasteiger charge is -2.10. The molecule has 12 rings (SSSR count). The van der Waals surface area contributed by atoms with Gasteiger partial charge in [-0.15, -0.1) is 0 Å². The number of rotatable bonds is 5. The van der Waals surface area contributed by atoms with Crippen molar-refractivity contribution in [1.29, 1.82) is 0 Å². The van der Waals surface area contributed by atoms with Gasteiger partial charge in [-0.3, -0.25) is 0 Å². The normalized spacial score (nSPS) is 11.9. The highest BCUT2D eigenvalue weighted by Gasteiger charge is 2.20. The van der Waals surface area contributed by atoms with Gasteiger partial charge >= 0.3 is 0 Å². The van der Waals surface area contributed by atoms with Crippen molar-refractivity contribution in [3.8, 4) is 51.0 Å². The molecule has 0 radical (unpaired) electrons. The van der Waals surface area contributed by atoms with Crippen LogP contribution in [0.4, 0.5) is 0 Å². The number of furan rings is 2. The molecular weight excluding hydrogens is 701 g/mol. The molecule has 0 aliphatic heterocycles. The highest BCUT2D eigenvalue weighted by molar-refractivity contribution is 6.14. The van der Waals surface area contributed by atoms with Gasteiger partial charge in [0.05, 0.1) is 16.6 Å². The Labute approximate surface area is 325 Å². The van der Waals surface area contributed by atoms with Crippen LogP contribution in [0, 0.1) is 0 Å². The molecule has 0 aliphatic carbocycles. The van der Waals surface area contributed by atoms with E-state index in [-0.39, 0.29) is 0 Å². The van der Waals surface area contributed by atoms with Gasteiger partial charge in [-0.2, -0.15) is 0 Å². The highest BCUT2D eigenvalue weighted by atomic mass is 16.3. The lowest BCUT2D eigenvalue weighted by molar-refractivity contribution is 0.668. The van der Waals surface area contributed by atoms with Crippen LogP contribution < -0.4 is 0 Å². The van der Waals surface area contributed by atoms with Crippen LogP contribution in [-0.2, 0) is 0 Å². The van der Waals surface area contributed by atoms with Crippen LogP contribution in [-0.4, -0.2) is 19.5 Å². The quantitative estimate of drug-likeness (QED) is 0.176. The van der Waals surface area contributed by atoms with Crippen LogP contribution in [0.1, 0.15) is 0 Å². The standard InChI is InChI=1S/C51H30N4O2/c1-3-13-31(14-4-1)35-19-12-24-45-47(35)39-27-26-34(30-46(39)56-45)55-42-22-9-7-17-36(42)41-29-33(25-28-43(41)55)50-52-49(32-15-5-2-6-16-32)53-51(54-50)40-21-11-20-38-37-18-8-10-23-44(37)57-48(38)40/h1-30H. The monoisotopic (exact) mass is 730 g/mol. The number of aromatic nitrogens is 4. The molecular formula is C51H30N4O2. The molecule has 266 valence electrons. The van der Waals surface area contributed by atoms with Crippen molar-refractivity contribution in [3.63, 3.8) is 0 Å². The average molecular weight is 731 g/mol. The van der Waals surface area contributed by atoms with Crippen LogP contribution >= 0.6 is 0 Å². The van der Waals surface area contributed by atoms with E-state index in [1.807, 2.05) is 66.7 Å². The molecule has 57 heavy (non-hydrogen) atoms. The van der Waals surface area contributed by atoms with E-state index in [4.69, 9.17) is 23.8 Å². The van der Waals surface area contributed by atoms with E-state index in [1.165, 1.54) is 5.56 Å². The van der Waals surface area contributed by atoms with Gasteiger partial charge in [-0.05, 0) is 65.7 Å². The summed E-state index contributed by atoms with van der Waals surface area (Å²) >= 11 is 0. The van der Waals surface area contributed by atoms with E-state index in [0.29, 0.717) is 17.5 Å². The zero-order chi connectivity index (χ0) is 37.5. The molecule has 4 heterocycles. The molecule has 0 amide bonds. The summed E-state index contributed by atoms with van der Waals surface area (Å²) < 4.78 is 15.3. The van der Waals surface area contributed by atoms with E-state index in [1.54, 1.807) is 0 Å². The summed E-state index contributed by atoms with van der Waals surface area (Å²) in [6.07, 6.45) is 0. The minimum absolute atomic E-state index is 0.556. The molecule has 6 heteroatoms. The van der Waals surface area contributed by atoms with Crippen molar-refractivity contribution in [2.24, 2.45) is 0 Å². The topological polar surface area (TPSA) is 69.9 Å². The fourth-order valence-corrected chi connectivity index (χ4v) is 8.47. The fraction of sp³-hybridized carbons (Fsp3) is 0. The van der Waals surface area contributed by atoms with Crippen molar-refractivity contribution in [2.75, 3.05) is 0 Å². The van der Waals surface area contributed by atoms with Gasteiger partial charge in [-0.1, -0.05) is 121 Å². The zero-order valence-corrected chi connectivity index (χ0v) is 30.4. The molecule has 6 nitrogen and oxygen atoms in total. The van der Waals surface area contributed by atoms with Crippen molar-refractivity contribution in [2.45, 2.75) is 0 Å². The predicted molar refractivity (Wildman–Crippen MR) is 230 cm³/mol. The van der Waals surface area contributed by atoms with Gasteiger partial charge < -0.3 is 13.4 Å². The third-order valence-corrected chi connectivity index (χ3v) is 11.1. The lowest BCUT2D eigenvalue weighted by atomic mass is 9.99. The van der Waals surface area contributed by atoms with Crippen molar-refractivity contribution >= 4 is 65.7 Å². The molecule has 8 aromatic carbocycles. The maximum absolute atomic E-state index is 6.55. The molecule has 0 N–H and O–H groups in total. The molecule has 4 aromatic heterocycles. The van der Waals surface area contributed by atoms with E-state index >= 15 is 0 Å². The van der Waals surface area contributed by atoms with Crippen LogP contribution in [0.2, 0.25) is 0 Å². The molecule has 12 aromatic rings. The molecule has 0 saturated heterocycles. The number of hydrogen-bond acceptors (Lipinski definition) is 5. The van der Waals surface area contributed by atoms with E-state index in [2.05, 4.69) is 120 Å². The Morgan fingerprint density at radius 1 is 0.351 bits per heavy atom. The largest absolute Gasteiger partial charge is 0.456 e. The SMILES string of the molecule is c1ccc(-c2nc(-c3ccc4c(c3)c3ccccc3n4-c3ccc4c(c3)oc3cccc(-c5ccccc5)c34)nc(-c3cccc4c3oc3ccccc34)n2)cc1. The lowest BCUT2D eigenvalue weighted by Crippen LogP contribution is -2.00. The molecule has 0 spiro atoms. The van der Waals surface area contributed by atoms with Crippen LogP contribution in [0.15, 0.2) is 191 Å². The molecule has 0 atom stereocenters. The number of nitrogens with zero attached hydrogens (tertiary/aromatic N) is 4. The fourth-order valence-electron chi connectivity index (χ4n) is 8.47. The summed E-state index contributed by atoms with van der Waals surface area (Å²) in [5.74, 6) is 1.74. The van der Waals surface area contributed by atoms with Gasteiger partial charge in [0, 0.05) is 55.2 Å². The summed E-state index contributed by atoms with van der Waals surface area (Å²) in [6, 6.07) is 62.7. The number of fused-ring (bicyclic) bond motifs is 9. The number of hydrogen-bond donors (Lipinski definition) is 0. The predicted octanol–water partition coefficient (Wildman–Crippen LogP) is 13.4. The van der Waals surface area contributed by atoms with Gasteiger partial charge in [0.15, 0.2) is 17.5 Å². The van der Waals surface area contributed by atoms with Crippen molar-refractivity contribution in [1.82, 2.24) is 19.5 Å². The van der Waals surface area contributed by atoms with Crippen molar-refractivity contribution < 1.29 is 8.83 Å². The second kappa shape index (κ2) is 12.3. The molecule has 0 bridgehead atoms. The maximum atomic E-state index is 6.55. The average Bonchev–Trinajstić information content (AvgIpc) is 3.96. The van der Waals surface area contributed by atoms with Gasteiger partial charge in [0.1, 0.15) is 22.3 Å². The Morgan fingerprint density at radius 2 is 1.00 bits per heavy atom. The first-order valence-electron chi connectivity index (χ1n) is 19.0. The first-order valence-corrected chi connectivity index (χ1v) is 19.0. The van der Waals surface area contributed by atoms with E-state index in [0.717, 1.165) is 93.6 Å². The summed E-state index contributed by atoms with van der Waals surface area (Å²) in [6.45, 7) is 0. The Bertz CT molecular complexity index is 3530. The molecule has 0 aliphatic rings. The number of para-hydroxylation sites is 3. The summed E-state index contributed by atoms with van der Waals surface area (Å²) in [7, 11) is 0. The summed E-state index contributed by atoms with van der Waals surface area (Å²) in [4.78, 5) is 15.3.